The highest BCUT2D eigenvalue weighted by molar-refractivity contribution is 7.13. The summed E-state index contributed by atoms with van der Waals surface area (Å²) in [4.78, 5) is 15.3. The molecule has 90 valence electrons. The van der Waals surface area contributed by atoms with E-state index in [1.54, 1.807) is 11.6 Å². The molecule has 0 radical (unpaired) electrons. The summed E-state index contributed by atoms with van der Waals surface area (Å²) in [6.45, 7) is 0.710. The highest BCUT2D eigenvalue weighted by Gasteiger charge is 2.10. The molecule has 0 saturated heterocycles. The molecule has 2 heterocycles. The fourth-order valence-corrected chi connectivity index (χ4v) is 2.01. The summed E-state index contributed by atoms with van der Waals surface area (Å²) < 4.78 is 9.78. The summed E-state index contributed by atoms with van der Waals surface area (Å²) in [6, 6.07) is 3.78. The Kier molecular flexibility index (Phi) is 3.77. The second-order valence-corrected chi connectivity index (χ2v) is 4.14. The van der Waals surface area contributed by atoms with E-state index in [1.165, 1.54) is 18.4 Å². The van der Waals surface area contributed by atoms with Crippen LogP contribution in [-0.2, 0) is 11.2 Å². The van der Waals surface area contributed by atoms with E-state index in [0.29, 0.717) is 17.4 Å². The van der Waals surface area contributed by atoms with E-state index in [4.69, 9.17) is 4.42 Å². The largest absolute Gasteiger partial charge is 0.469 e. The summed E-state index contributed by atoms with van der Waals surface area (Å²) >= 11 is 1.38. The smallest absolute Gasteiger partial charge is 0.357 e. The third-order valence-corrected chi connectivity index (χ3v) is 2.93. The number of methoxy groups -OCH3 is 1. The van der Waals surface area contributed by atoms with Gasteiger partial charge in [-0.2, -0.15) is 0 Å². The molecule has 0 atom stereocenters. The number of thiazole rings is 1. The Balaban J connectivity index is 1.83. The van der Waals surface area contributed by atoms with Crippen LogP contribution in [0.2, 0.25) is 0 Å². The normalized spacial score (nSPS) is 10.2. The van der Waals surface area contributed by atoms with Crippen molar-refractivity contribution in [2.75, 3.05) is 19.0 Å². The molecule has 0 aliphatic carbocycles. The number of anilines is 1. The van der Waals surface area contributed by atoms with Gasteiger partial charge in [0.1, 0.15) is 5.76 Å². The number of furan rings is 1. The van der Waals surface area contributed by atoms with Crippen LogP contribution >= 0.6 is 11.3 Å². The Hall–Kier alpha value is -1.82. The molecule has 0 amide bonds. The first-order valence-electron chi connectivity index (χ1n) is 5.09. The summed E-state index contributed by atoms with van der Waals surface area (Å²) in [5.41, 5.74) is 0.331. The van der Waals surface area contributed by atoms with Gasteiger partial charge in [0.15, 0.2) is 10.8 Å². The molecule has 0 spiro atoms. The van der Waals surface area contributed by atoms with E-state index in [-0.39, 0.29) is 0 Å². The number of carbonyl (C=O) groups is 1. The lowest BCUT2D eigenvalue weighted by atomic mass is 10.3. The zero-order valence-corrected chi connectivity index (χ0v) is 10.1. The molecular formula is C11H12N2O3S. The topological polar surface area (TPSA) is 64.4 Å². The Morgan fingerprint density at radius 3 is 3.24 bits per heavy atom. The zero-order valence-electron chi connectivity index (χ0n) is 9.30. The number of esters is 1. The third kappa shape index (κ3) is 3.07. The predicted octanol–water partition coefficient (Wildman–Crippen LogP) is 2.18. The molecule has 0 aliphatic heterocycles. The molecule has 2 aromatic rings. The van der Waals surface area contributed by atoms with Gasteiger partial charge in [0.25, 0.3) is 0 Å². The van der Waals surface area contributed by atoms with Crippen LogP contribution in [0.15, 0.2) is 28.2 Å². The average Bonchev–Trinajstić information content (AvgIpc) is 2.99. The lowest BCUT2D eigenvalue weighted by Gasteiger charge is -1.99. The van der Waals surface area contributed by atoms with Crippen LogP contribution in [0, 0.1) is 0 Å². The van der Waals surface area contributed by atoms with Crippen LogP contribution in [0.3, 0.4) is 0 Å². The van der Waals surface area contributed by atoms with E-state index in [0.717, 1.165) is 12.2 Å². The minimum atomic E-state index is -0.416. The number of nitrogens with zero attached hydrogens (tertiary/aromatic N) is 1. The number of carbonyl (C=O) groups excluding carboxylic acids is 1. The minimum Gasteiger partial charge on any atom is -0.469 e. The van der Waals surface area contributed by atoms with Crippen LogP contribution in [0.25, 0.3) is 0 Å². The van der Waals surface area contributed by atoms with Gasteiger partial charge >= 0.3 is 5.97 Å². The van der Waals surface area contributed by atoms with Crippen LogP contribution in [-0.4, -0.2) is 24.6 Å². The summed E-state index contributed by atoms with van der Waals surface area (Å²) in [5.74, 6) is 0.502. The van der Waals surface area contributed by atoms with Crippen LogP contribution in [0.5, 0.6) is 0 Å². The van der Waals surface area contributed by atoms with Gasteiger partial charge < -0.3 is 14.5 Å². The molecule has 0 aromatic carbocycles. The number of rotatable bonds is 5. The van der Waals surface area contributed by atoms with Gasteiger partial charge in [0.05, 0.1) is 13.4 Å². The van der Waals surface area contributed by atoms with Crippen molar-refractivity contribution in [2.45, 2.75) is 6.42 Å². The van der Waals surface area contributed by atoms with E-state index >= 15 is 0 Å². The Morgan fingerprint density at radius 2 is 2.53 bits per heavy atom. The van der Waals surface area contributed by atoms with E-state index in [1.807, 2.05) is 12.1 Å². The van der Waals surface area contributed by atoms with Crippen LogP contribution in [0.4, 0.5) is 5.13 Å². The van der Waals surface area contributed by atoms with Crippen molar-refractivity contribution in [3.63, 3.8) is 0 Å². The second-order valence-electron chi connectivity index (χ2n) is 3.29. The Bertz CT molecular complexity index is 479. The fourth-order valence-electron chi connectivity index (χ4n) is 1.30. The molecule has 5 nitrogen and oxygen atoms in total. The van der Waals surface area contributed by atoms with Gasteiger partial charge in [-0.25, -0.2) is 9.78 Å². The first kappa shape index (κ1) is 11.7. The van der Waals surface area contributed by atoms with Crippen LogP contribution in [0.1, 0.15) is 16.2 Å². The van der Waals surface area contributed by atoms with Gasteiger partial charge in [0, 0.05) is 18.3 Å². The van der Waals surface area contributed by atoms with Crippen molar-refractivity contribution < 1.29 is 13.9 Å². The molecule has 0 aliphatic rings. The molecule has 2 rings (SSSR count). The minimum absolute atomic E-state index is 0.331. The van der Waals surface area contributed by atoms with Crippen molar-refractivity contribution in [1.29, 1.82) is 0 Å². The molecule has 0 fully saturated rings. The Morgan fingerprint density at radius 1 is 1.65 bits per heavy atom. The average molecular weight is 252 g/mol. The van der Waals surface area contributed by atoms with Crippen LogP contribution < -0.4 is 5.32 Å². The molecule has 1 N–H and O–H groups in total. The molecule has 0 saturated carbocycles. The van der Waals surface area contributed by atoms with Crippen molar-refractivity contribution in [3.05, 3.63) is 35.2 Å². The maximum atomic E-state index is 11.2. The van der Waals surface area contributed by atoms with Gasteiger partial charge in [-0.3, -0.25) is 0 Å². The first-order chi connectivity index (χ1) is 8.29. The number of aromatic nitrogens is 1. The standard InChI is InChI=1S/C11H12N2O3S/c1-15-10(14)9-7-17-11(13-9)12-5-4-8-3-2-6-16-8/h2-3,6-7H,4-5H2,1H3,(H,12,13). The molecule has 2 aromatic heterocycles. The monoisotopic (exact) mass is 252 g/mol. The van der Waals surface area contributed by atoms with E-state index in [2.05, 4.69) is 15.0 Å². The molecule has 6 heteroatoms. The lowest BCUT2D eigenvalue weighted by molar-refractivity contribution is 0.0595. The van der Waals surface area contributed by atoms with Gasteiger partial charge in [0.2, 0.25) is 0 Å². The van der Waals surface area contributed by atoms with Gasteiger partial charge in [-0.1, -0.05) is 0 Å². The maximum absolute atomic E-state index is 11.2. The number of hydrogen-bond acceptors (Lipinski definition) is 6. The van der Waals surface area contributed by atoms with Crippen molar-refractivity contribution in [1.82, 2.24) is 4.98 Å². The number of hydrogen-bond donors (Lipinski definition) is 1. The molecule has 17 heavy (non-hydrogen) atoms. The quantitative estimate of drug-likeness (QED) is 0.826. The predicted molar refractivity (Wildman–Crippen MR) is 64.4 cm³/mol. The van der Waals surface area contributed by atoms with E-state index < -0.39 is 5.97 Å². The van der Waals surface area contributed by atoms with Crippen molar-refractivity contribution >= 4 is 22.4 Å². The second kappa shape index (κ2) is 5.49. The SMILES string of the molecule is COC(=O)c1csc(NCCc2ccco2)n1. The van der Waals surface area contributed by atoms with Crippen molar-refractivity contribution in [2.24, 2.45) is 0 Å². The molecular weight excluding hydrogens is 240 g/mol. The highest BCUT2D eigenvalue weighted by atomic mass is 32.1. The summed E-state index contributed by atoms with van der Waals surface area (Å²) in [5, 5.41) is 5.50. The van der Waals surface area contributed by atoms with Gasteiger partial charge in [-0.15, -0.1) is 11.3 Å². The third-order valence-electron chi connectivity index (χ3n) is 2.13. The number of nitrogens with one attached hydrogen (secondary N) is 1. The number of ether oxygens (including phenoxy) is 1. The Labute approximate surface area is 102 Å². The fraction of sp³-hybridized carbons (Fsp3) is 0.273. The summed E-state index contributed by atoms with van der Waals surface area (Å²) in [7, 11) is 1.34. The maximum Gasteiger partial charge on any atom is 0.357 e. The van der Waals surface area contributed by atoms with E-state index in [9.17, 15) is 4.79 Å². The summed E-state index contributed by atoms with van der Waals surface area (Å²) in [6.07, 6.45) is 2.42. The van der Waals surface area contributed by atoms with Crippen molar-refractivity contribution in [3.8, 4) is 0 Å². The molecule has 0 bridgehead atoms. The highest BCUT2D eigenvalue weighted by Crippen LogP contribution is 2.15. The zero-order chi connectivity index (χ0) is 12.1. The lowest BCUT2D eigenvalue weighted by Crippen LogP contribution is -2.05. The first-order valence-corrected chi connectivity index (χ1v) is 5.97. The van der Waals surface area contributed by atoms with Gasteiger partial charge in [-0.05, 0) is 12.1 Å². The molecule has 0 unspecified atom stereocenters.